The number of para-hydroxylation sites is 2. The lowest BCUT2D eigenvalue weighted by Crippen LogP contribution is -2.07. The molecule has 1 aromatic heterocycles. The summed E-state index contributed by atoms with van der Waals surface area (Å²) in [6.45, 7) is 2.06. The molecule has 1 heterocycles. The van der Waals surface area contributed by atoms with Gasteiger partial charge in [0.25, 0.3) is 0 Å². The van der Waals surface area contributed by atoms with Crippen LogP contribution in [0.4, 0.5) is 5.69 Å². The molecule has 1 N–H and O–H groups in total. The fourth-order valence-electron chi connectivity index (χ4n) is 2.08. The molecule has 2 aromatic carbocycles. The minimum Gasteiger partial charge on any atom is -0.375 e. The molecule has 0 aliphatic heterocycles. The Bertz CT molecular complexity index is 753. The highest BCUT2D eigenvalue weighted by molar-refractivity contribution is 7.18. The van der Waals surface area contributed by atoms with Crippen LogP contribution < -0.4 is 5.32 Å². The Morgan fingerprint density at radius 3 is 2.70 bits per heavy atom. The molecule has 3 aromatic rings. The van der Waals surface area contributed by atoms with Gasteiger partial charge in [-0.3, -0.25) is 0 Å². The van der Waals surface area contributed by atoms with E-state index in [4.69, 9.17) is 5.26 Å². The van der Waals surface area contributed by atoms with E-state index in [0.717, 1.165) is 16.2 Å². The van der Waals surface area contributed by atoms with Crippen molar-refractivity contribution in [3.63, 3.8) is 0 Å². The molecule has 0 saturated heterocycles. The maximum absolute atomic E-state index is 9.11. The average molecular weight is 279 g/mol. The Labute approximate surface area is 121 Å². The number of benzene rings is 2. The highest BCUT2D eigenvalue weighted by atomic mass is 32.1. The number of hydrogen-bond acceptors (Lipinski definition) is 4. The number of nitrogens with zero attached hydrogens (tertiary/aromatic N) is 2. The molecule has 0 aliphatic rings. The maximum atomic E-state index is 9.11. The van der Waals surface area contributed by atoms with Crippen molar-refractivity contribution in [2.75, 3.05) is 5.32 Å². The van der Waals surface area contributed by atoms with Gasteiger partial charge in [0.1, 0.15) is 11.1 Å². The third-order valence-electron chi connectivity index (χ3n) is 3.10. The van der Waals surface area contributed by atoms with Crippen LogP contribution in [0.5, 0.6) is 0 Å². The van der Waals surface area contributed by atoms with Crippen molar-refractivity contribution in [1.29, 1.82) is 5.26 Å². The predicted molar refractivity (Wildman–Crippen MR) is 82.8 cm³/mol. The number of nitrogens with one attached hydrogen (secondary N) is 1. The lowest BCUT2D eigenvalue weighted by Gasteiger charge is -2.13. The molecule has 0 fully saturated rings. The minimum atomic E-state index is 0.0712. The third kappa shape index (κ3) is 2.36. The molecule has 20 heavy (non-hydrogen) atoms. The number of thiazole rings is 1. The van der Waals surface area contributed by atoms with E-state index in [1.54, 1.807) is 11.3 Å². The fraction of sp³-hybridized carbons (Fsp3) is 0.125. The van der Waals surface area contributed by atoms with Gasteiger partial charge in [0.05, 0.1) is 27.5 Å². The van der Waals surface area contributed by atoms with Gasteiger partial charge in [0.2, 0.25) is 0 Å². The van der Waals surface area contributed by atoms with Gasteiger partial charge in [-0.05, 0) is 31.2 Å². The SMILES string of the molecule is CC(Nc1ccccc1C#N)c1nc2ccccc2s1. The van der Waals surface area contributed by atoms with E-state index in [-0.39, 0.29) is 6.04 Å². The molecule has 0 bridgehead atoms. The Kier molecular flexibility index (Phi) is 3.36. The molecule has 4 heteroatoms. The Hall–Kier alpha value is -2.38. The summed E-state index contributed by atoms with van der Waals surface area (Å²) in [7, 11) is 0. The second kappa shape index (κ2) is 5.32. The summed E-state index contributed by atoms with van der Waals surface area (Å²) >= 11 is 1.68. The van der Waals surface area contributed by atoms with Crippen LogP contribution in [0.15, 0.2) is 48.5 Å². The van der Waals surface area contributed by atoms with E-state index >= 15 is 0 Å². The van der Waals surface area contributed by atoms with Crippen LogP contribution in [0.3, 0.4) is 0 Å². The van der Waals surface area contributed by atoms with Crippen LogP contribution in [0.2, 0.25) is 0 Å². The van der Waals surface area contributed by atoms with Crippen molar-refractivity contribution in [2.24, 2.45) is 0 Å². The van der Waals surface area contributed by atoms with Crippen LogP contribution in [0, 0.1) is 11.3 Å². The highest BCUT2D eigenvalue weighted by Gasteiger charge is 2.12. The molecule has 3 rings (SSSR count). The summed E-state index contributed by atoms with van der Waals surface area (Å²) in [5.41, 5.74) is 2.52. The van der Waals surface area contributed by atoms with Gasteiger partial charge in [-0.25, -0.2) is 4.98 Å². The quantitative estimate of drug-likeness (QED) is 0.775. The van der Waals surface area contributed by atoms with E-state index in [2.05, 4.69) is 29.4 Å². The highest BCUT2D eigenvalue weighted by Crippen LogP contribution is 2.28. The molecule has 0 spiro atoms. The predicted octanol–water partition coefficient (Wildman–Crippen LogP) is 4.34. The van der Waals surface area contributed by atoms with Crippen molar-refractivity contribution < 1.29 is 0 Å². The summed E-state index contributed by atoms with van der Waals surface area (Å²) in [6, 6.07) is 17.9. The van der Waals surface area contributed by atoms with Gasteiger partial charge >= 0.3 is 0 Å². The van der Waals surface area contributed by atoms with E-state index in [0.29, 0.717) is 5.56 Å². The van der Waals surface area contributed by atoms with Gasteiger partial charge in [-0.15, -0.1) is 11.3 Å². The summed E-state index contributed by atoms with van der Waals surface area (Å²) in [5.74, 6) is 0. The normalized spacial score (nSPS) is 12.0. The van der Waals surface area contributed by atoms with Crippen molar-refractivity contribution in [2.45, 2.75) is 13.0 Å². The summed E-state index contributed by atoms with van der Waals surface area (Å²) < 4.78 is 1.18. The fourth-order valence-corrected chi connectivity index (χ4v) is 3.05. The van der Waals surface area contributed by atoms with Crippen LogP contribution in [0.25, 0.3) is 10.2 Å². The zero-order valence-electron chi connectivity index (χ0n) is 11.0. The number of aromatic nitrogens is 1. The van der Waals surface area contributed by atoms with Crippen LogP contribution in [0.1, 0.15) is 23.5 Å². The Balaban J connectivity index is 1.89. The number of fused-ring (bicyclic) bond motifs is 1. The molecule has 0 radical (unpaired) electrons. The molecule has 3 nitrogen and oxygen atoms in total. The molecule has 0 saturated carbocycles. The molecule has 0 aliphatic carbocycles. The Morgan fingerprint density at radius 1 is 1.15 bits per heavy atom. The molecule has 1 atom stereocenters. The third-order valence-corrected chi connectivity index (χ3v) is 4.32. The van der Waals surface area contributed by atoms with Crippen molar-refractivity contribution in [1.82, 2.24) is 4.98 Å². The molecular formula is C16H13N3S. The molecule has 98 valence electrons. The monoisotopic (exact) mass is 279 g/mol. The van der Waals surface area contributed by atoms with Gasteiger partial charge in [-0.2, -0.15) is 5.26 Å². The molecule has 0 amide bonds. The molecule has 1 unspecified atom stereocenters. The van der Waals surface area contributed by atoms with Crippen molar-refractivity contribution in [3.05, 3.63) is 59.1 Å². The number of rotatable bonds is 3. The van der Waals surface area contributed by atoms with E-state index in [1.165, 1.54) is 4.70 Å². The first-order chi connectivity index (χ1) is 9.78. The summed E-state index contributed by atoms with van der Waals surface area (Å²) in [6.07, 6.45) is 0. The lowest BCUT2D eigenvalue weighted by molar-refractivity contribution is 0.873. The lowest BCUT2D eigenvalue weighted by atomic mass is 10.2. The van der Waals surface area contributed by atoms with Gasteiger partial charge in [0, 0.05) is 0 Å². The van der Waals surface area contributed by atoms with Gasteiger partial charge < -0.3 is 5.32 Å². The van der Waals surface area contributed by atoms with Crippen LogP contribution in [-0.4, -0.2) is 4.98 Å². The van der Waals surface area contributed by atoms with Gasteiger partial charge in [0.15, 0.2) is 0 Å². The zero-order valence-corrected chi connectivity index (χ0v) is 11.8. The first-order valence-corrected chi connectivity index (χ1v) is 7.20. The number of anilines is 1. The standard InChI is InChI=1S/C16H13N3S/c1-11(18-13-7-3-2-6-12(13)10-17)16-19-14-8-4-5-9-15(14)20-16/h2-9,11,18H,1H3. The second-order valence-corrected chi connectivity index (χ2v) is 5.61. The smallest absolute Gasteiger partial charge is 0.116 e. The number of hydrogen-bond donors (Lipinski definition) is 1. The van der Waals surface area contributed by atoms with Gasteiger partial charge in [-0.1, -0.05) is 24.3 Å². The Morgan fingerprint density at radius 2 is 1.90 bits per heavy atom. The van der Waals surface area contributed by atoms with E-state index in [1.807, 2.05) is 42.5 Å². The summed E-state index contributed by atoms with van der Waals surface area (Å²) in [5, 5.41) is 13.5. The average Bonchev–Trinajstić information content (AvgIpc) is 2.92. The first kappa shape index (κ1) is 12.6. The second-order valence-electron chi connectivity index (χ2n) is 4.54. The maximum Gasteiger partial charge on any atom is 0.116 e. The van der Waals surface area contributed by atoms with Crippen molar-refractivity contribution >= 4 is 27.2 Å². The molecular weight excluding hydrogens is 266 g/mol. The largest absolute Gasteiger partial charge is 0.375 e. The van der Waals surface area contributed by atoms with E-state index < -0.39 is 0 Å². The number of nitriles is 1. The van der Waals surface area contributed by atoms with Crippen molar-refractivity contribution in [3.8, 4) is 6.07 Å². The summed E-state index contributed by atoms with van der Waals surface area (Å²) in [4.78, 5) is 4.64. The topological polar surface area (TPSA) is 48.7 Å². The first-order valence-electron chi connectivity index (χ1n) is 6.39. The zero-order chi connectivity index (χ0) is 13.9. The van der Waals surface area contributed by atoms with Crippen LogP contribution in [-0.2, 0) is 0 Å². The van der Waals surface area contributed by atoms with Crippen LogP contribution >= 0.6 is 11.3 Å². The van der Waals surface area contributed by atoms with E-state index in [9.17, 15) is 0 Å². The minimum absolute atomic E-state index is 0.0712.